The number of likely N-dealkylation sites (N-methyl/N-ethyl adjacent to an activating group) is 1. The molecule has 6 rings (SSSR count). The molecule has 2 aliphatic heterocycles. The van der Waals surface area contributed by atoms with Crippen molar-refractivity contribution in [2.24, 2.45) is 0 Å². The van der Waals surface area contributed by atoms with Crippen LogP contribution in [0.5, 0.6) is 0 Å². The van der Waals surface area contributed by atoms with Crippen LogP contribution in [0.4, 0.5) is 0 Å². The van der Waals surface area contributed by atoms with Gasteiger partial charge in [-0.05, 0) is 36.6 Å². The summed E-state index contributed by atoms with van der Waals surface area (Å²) in [6.45, 7) is 5.96. The molecule has 4 aromatic rings. The van der Waals surface area contributed by atoms with Crippen molar-refractivity contribution in [3.63, 3.8) is 0 Å². The van der Waals surface area contributed by atoms with Crippen LogP contribution in [0.3, 0.4) is 0 Å². The van der Waals surface area contributed by atoms with Crippen LogP contribution in [0.15, 0.2) is 35.8 Å². The third kappa shape index (κ3) is 3.46. The maximum Gasteiger partial charge on any atom is 0.262 e. The van der Waals surface area contributed by atoms with E-state index in [0.29, 0.717) is 5.92 Å². The Hall–Kier alpha value is -2.55. The molecule has 1 saturated heterocycles. The molecule has 8 heteroatoms. The number of hydrogen-bond acceptors (Lipinski definition) is 5. The van der Waals surface area contributed by atoms with Crippen LogP contribution in [0, 0.1) is 0 Å². The van der Waals surface area contributed by atoms with Crippen molar-refractivity contribution >= 4 is 32.5 Å². The highest BCUT2D eigenvalue weighted by Crippen LogP contribution is 2.32. The number of piperidine rings is 1. The molecule has 7 nitrogen and oxygen atoms in total. The van der Waals surface area contributed by atoms with E-state index in [4.69, 9.17) is 0 Å². The summed E-state index contributed by atoms with van der Waals surface area (Å²) >= 11 is 1.69. The predicted octanol–water partition coefficient (Wildman–Crippen LogP) is 1.78. The fourth-order valence-corrected chi connectivity index (χ4v) is 6.76. The van der Waals surface area contributed by atoms with Crippen molar-refractivity contribution in [2.45, 2.75) is 38.3 Å². The molecule has 6 heterocycles. The lowest BCUT2D eigenvalue weighted by Gasteiger charge is -2.29. The largest absolute Gasteiger partial charge is 0.360 e. The lowest BCUT2D eigenvalue weighted by atomic mass is 9.89. The van der Waals surface area contributed by atoms with E-state index in [-0.39, 0.29) is 5.56 Å². The van der Waals surface area contributed by atoms with Gasteiger partial charge in [0.05, 0.1) is 49.6 Å². The van der Waals surface area contributed by atoms with E-state index in [0.717, 1.165) is 61.4 Å². The van der Waals surface area contributed by atoms with Gasteiger partial charge in [0.15, 0.2) is 0 Å². The number of aromatic amines is 1. The lowest BCUT2D eigenvalue weighted by Crippen LogP contribution is -3.13. The van der Waals surface area contributed by atoms with Gasteiger partial charge in [-0.2, -0.15) is 0 Å². The first-order valence-electron chi connectivity index (χ1n) is 11.6. The van der Waals surface area contributed by atoms with Crippen molar-refractivity contribution in [3.05, 3.63) is 57.3 Å². The van der Waals surface area contributed by atoms with Gasteiger partial charge < -0.3 is 14.8 Å². The normalized spacial score (nSPS) is 21.9. The molecule has 1 fully saturated rings. The SMILES string of the molecule is CN1CCc2c(sc3ncn(CC[NH+]4CCC(c5c[nH]c6cnccc56)CC4)c(=O)c23)C1. The lowest BCUT2D eigenvalue weighted by molar-refractivity contribution is -0.906. The standard InChI is InChI=1S/C24H28N6OS/c1-28-7-5-18-21(14-28)32-23-22(18)24(31)30(15-27-23)11-10-29-8-3-16(4-9-29)19-12-26-20-13-25-6-2-17(19)20/h2,6,12-13,15-16,26H,3-5,7-11,14H2,1H3/p+1. The predicted molar refractivity (Wildman–Crippen MR) is 128 cm³/mol. The zero-order chi connectivity index (χ0) is 21.7. The number of fused-ring (bicyclic) bond motifs is 4. The molecule has 0 spiro atoms. The molecule has 0 atom stereocenters. The van der Waals surface area contributed by atoms with Crippen molar-refractivity contribution in [3.8, 4) is 0 Å². The molecule has 166 valence electrons. The molecular formula is C24H29N6OS+. The second kappa shape index (κ2) is 8.10. The van der Waals surface area contributed by atoms with Gasteiger partial charge in [-0.1, -0.05) is 0 Å². The monoisotopic (exact) mass is 449 g/mol. The molecule has 0 amide bonds. The molecule has 0 saturated carbocycles. The fraction of sp³-hybridized carbons (Fsp3) is 0.458. The van der Waals surface area contributed by atoms with Gasteiger partial charge in [0, 0.05) is 48.6 Å². The van der Waals surface area contributed by atoms with Crippen LogP contribution in [0.25, 0.3) is 21.1 Å². The number of hydrogen-bond donors (Lipinski definition) is 2. The topological polar surface area (TPSA) is 71.2 Å². The van der Waals surface area contributed by atoms with E-state index in [1.807, 2.05) is 17.0 Å². The van der Waals surface area contributed by atoms with Crippen LogP contribution < -0.4 is 10.5 Å². The number of pyridine rings is 1. The minimum absolute atomic E-state index is 0.152. The van der Waals surface area contributed by atoms with Crippen LogP contribution in [0.2, 0.25) is 0 Å². The minimum Gasteiger partial charge on any atom is -0.360 e. The van der Waals surface area contributed by atoms with Gasteiger partial charge in [0.1, 0.15) is 4.83 Å². The molecular weight excluding hydrogens is 420 g/mol. The number of nitrogens with one attached hydrogen (secondary N) is 2. The summed E-state index contributed by atoms with van der Waals surface area (Å²) in [7, 11) is 2.14. The van der Waals surface area contributed by atoms with E-state index in [1.165, 1.54) is 34.2 Å². The summed E-state index contributed by atoms with van der Waals surface area (Å²) in [5, 5.41) is 2.19. The summed E-state index contributed by atoms with van der Waals surface area (Å²) < 4.78 is 1.85. The Bertz CT molecular complexity index is 1330. The maximum atomic E-state index is 13.2. The number of rotatable bonds is 4. The van der Waals surface area contributed by atoms with Crippen molar-refractivity contribution < 1.29 is 4.90 Å². The summed E-state index contributed by atoms with van der Waals surface area (Å²) in [6, 6.07) is 2.12. The summed E-state index contributed by atoms with van der Waals surface area (Å²) in [4.78, 5) is 31.6. The molecule has 2 N–H and O–H groups in total. The summed E-state index contributed by atoms with van der Waals surface area (Å²) in [6.07, 6.45) is 11.0. The highest BCUT2D eigenvalue weighted by molar-refractivity contribution is 7.18. The van der Waals surface area contributed by atoms with Crippen LogP contribution in [0.1, 0.15) is 34.8 Å². The van der Waals surface area contributed by atoms with Gasteiger partial charge in [-0.15, -0.1) is 11.3 Å². The Kier molecular flexibility index (Phi) is 5.08. The third-order valence-electron chi connectivity index (χ3n) is 7.37. The Morgan fingerprint density at radius 1 is 1.31 bits per heavy atom. The third-order valence-corrected chi connectivity index (χ3v) is 8.50. The van der Waals surface area contributed by atoms with Gasteiger partial charge in [0.2, 0.25) is 0 Å². The first-order chi connectivity index (χ1) is 15.7. The van der Waals surface area contributed by atoms with Gasteiger partial charge >= 0.3 is 0 Å². The van der Waals surface area contributed by atoms with Crippen molar-refractivity contribution in [2.75, 3.05) is 33.2 Å². The molecule has 0 aromatic carbocycles. The molecule has 4 aromatic heterocycles. The van der Waals surface area contributed by atoms with E-state index in [2.05, 4.69) is 39.2 Å². The van der Waals surface area contributed by atoms with Gasteiger partial charge in [-0.25, -0.2) is 4.98 Å². The second-order valence-corrected chi connectivity index (χ2v) is 10.4. The summed E-state index contributed by atoms with van der Waals surface area (Å²) in [5.74, 6) is 0.603. The Balaban J connectivity index is 1.13. The van der Waals surface area contributed by atoms with Crippen molar-refractivity contribution in [1.82, 2.24) is 24.4 Å². The van der Waals surface area contributed by atoms with E-state index < -0.39 is 0 Å². The molecule has 0 bridgehead atoms. The number of quaternary nitrogens is 1. The Morgan fingerprint density at radius 2 is 2.19 bits per heavy atom. The van der Waals surface area contributed by atoms with Crippen LogP contribution in [-0.4, -0.2) is 57.6 Å². The maximum absolute atomic E-state index is 13.2. The first-order valence-corrected chi connectivity index (χ1v) is 12.4. The number of aromatic nitrogens is 4. The zero-order valence-corrected chi connectivity index (χ0v) is 19.2. The average Bonchev–Trinajstić information content (AvgIpc) is 3.40. The van der Waals surface area contributed by atoms with E-state index in [9.17, 15) is 4.79 Å². The smallest absolute Gasteiger partial charge is 0.262 e. The molecule has 0 aliphatic carbocycles. The molecule has 0 unspecified atom stereocenters. The van der Waals surface area contributed by atoms with E-state index >= 15 is 0 Å². The quantitative estimate of drug-likeness (QED) is 0.498. The molecule has 0 radical (unpaired) electrons. The first kappa shape index (κ1) is 20.1. The fourth-order valence-electron chi connectivity index (χ4n) is 5.50. The van der Waals surface area contributed by atoms with Crippen molar-refractivity contribution in [1.29, 1.82) is 0 Å². The number of H-pyrrole nitrogens is 1. The number of nitrogens with zero attached hydrogens (tertiary/aromatic N) is 4. The second-order valence-electron chi connectivity index (χ2n) is 9.35. The van der Waals surface area contributed by atoms with Gasteiger partial charge in [-0.3, -0.25) is 14.3 Å². The Labute approximate surface area is 190 Å². The minimum atomic E-state index is 0.152. The highest BCUT2D eigenvalue weighted by Gasteiger charge is 2.26. The number of thiophene rings is 1. The Morgan fingerprint density at radius 3 is 3.06 bits per heavy atom. The van der Waals surface area contributed by atoms with E-state index in [1.54, 1.807) is 22.6 Å². The summed E-state index contributed by atoms with van der Waals surface area (Å²) in [5.41, 5.74) is 3.96. The highest BCUT2D eigenvalue weighted by atomic mass is 32.1. The van der Waals surface area contributed by atoms with Gasteiger partial charge in [0.25, 0.3) is 5.56 Å². The zero-order valence-electron chi connectivity index (χ0n) is 18.4. The van der Waals surface area contributed by atoms with Crippen LogP contribution in [-0.2, 0) is 19.5 Å². The van der Waals surface area contributed by atoms with Crippen LogP contribution >= 0.6 is 11.3 Å². The molecule has 2 aliphatic rings. The number of likely N-dealkylation sites (tertiary alicyclic amines) is 1. The molecule has 32 heavy (non-hydrogen) atoms. The average molecular weight is 450 g/mol.